The summed E-state index contributed by atoms with van der Waals surface area (Å²) < 4.78 is 81.1. The molecule has 1 aliphatic rings. The number of halogens is 2. The lowest BCUT2D eigenvalue weighted by Gasteiger charge is -2.20. The lowest BCUT2D eigenvalue weighted by molar-refractivity contribution is 0.424. The average molecular weight is 430 g/mol. The van der Waals surface area contributed by atoms with Gasteiger partial charge in [0.15, 0.2) is 4.90 Å². The summed E-state index contributed by atoms with van der Waals surface area (Å²) in [5, 5.41) is 0. The molecular weight excluding hydrogens is 410 g/mol. The highest BCUT2D eigenvalue weighted by molar-refractivity contribution is 7.92. The van der Waals surface area contributed by atoms with Crippen LogP contribution in [-0.4, -0.2) is 34.2 Å². The fourth-order valence-corrected chi connectivity index (χ4v) is 5.79. The molecule has 0 bridgehead atoms. The Morgan fingerprint density at radius 2 is 1.32 bits per heavy atom. The first kappa shape index (κ1) is 20.7. The van der Waals surface area contributed by atoms with Gasteiger partial charge in [0.05, 0.1) is 4.90 Å². The topological polar surface area (TPSA) is 83.5 Å². The summed E-state index contributed by atoms with van der Waals surface area (Å²) in [6, 6.07) is 7.79. The summed E-state index contributed by atoms with van der Waals surface area (Å²) in [5.41, 5.74) is -0.00234. The standard InChI is InChI=1S/C18H20F2N2O4S2/c19-16-6-5-7-17(20)18(16)27(23,24)21-14-8-10-15(11-9-14)28(25,26)22-12-3-1-2-4-13-22/h5-11,21H,1-4,12-13H2. The Hall–Kier alpha value is -2.04. The Morgan fingerprint density at radius 3 is 1.86 bits per heavy atom. The van der Waals surface area contributed by atoms with Crippen LogP contribution in [0.25, 0.3) is 0 Å². The van der Waals surface area contributed by atoms with Crippen molar-refractivity contribution < 1.29 is 25.6 Å². The van der Waals surface area contributed by atoms with Crippen LogP contribution in [-0.2, 0) is 20.0 Å². The molecule has 1 heterocycles. The second-order valence-electron chi connectivity index (χ2n) is 6.50. The van der Waals surface area contributed by atoms with Crippen molar-refractivity contribution in [3.8, 4) is 0 Å². The summed E-state index contributed by atoms with van der Waals surface area (Å²) in [7, 11) is -8.18. The second-order valence-corrected chi connectivity index (χ2v) is 10.1. The zero-order valence-electron chi connectivity index (χ0n) is 14.9. The summed E-state index contributed by atoms with van der Waals surface area (Å²) in [5.74, 6) is -2.43. The van der Waals surface area contributed by atoms with Crippen LogP contribution in [0.4, 0.5) is 14.5 Å². The molecule has 2 aromatic carbocycles. The molecule has 0 spiro atoms. The predicted octanol–water partition coefficient (Wildman–Crippen LogP) is 3.33. The Balaban J connectivity index is 1.83. The Bertz CT molecular complexity index is 1030. The zero-order valence-corrected chi connectivity index (χ0v) is 16.6. The molecule has 6 nitrogen and oxygen atoms in total. The smallest absolute Gasteiger partial charge is 0.267 e. The molecule has 0 aliphatic carbocycles. The van der Waals surface area contributed by atoms with Gasteiger partial charge in [-0.15, -0.1) is 0 Å². The van der Waals surface area contributed by atoms with Crippen molar-refractivity contribution in [2.24, 2.45) is 0 Å². The normalized spacial score (nSPS) is 16.5. The first-order valence-electron chi connectivity index (χ1n) is 8.79. The average Bonchev–Trinajstić information content (AvgIpc) is 2.91. The van der Waals surface area contributed by atoms with Crippen molar-refractivity contribution in [2.45, 2.75) is 35.5 Å². The minimum Gasteiger partial charge on any atom is -0.279 e. The number of hydrogen-bond donors (Lipinski definition) is 1. The van der Waals surface area contributed by atoms with Crippen molar-refractivity contribution in [1.29, 1.82) is 0 Å². The predicted molar refractivity (Wildman–Crippen MR) is 101 cm³/mol. The van der Waals surface area contributed by atoms with E-state index in [1.807, 2.05) is 0 Å². The van der Waals surface area contributed by atoms with Crippen LogP contribution in [0.5, 0.6) is 0 Å². The number of nitrogens with zero attached hydrogens (tertiary/aromatic N) is 1. The van der Waals surface area contributed by atoms with E-state index in [9.17, 15) is 25.6 Å². The monoisotopic (exact) mass is 430 g/mol. The van der Waals surface area contributed by atoms with Gasteiger partial charge in [0.2, 0.25) is 10.0 Å². The minimum atomic E-state index is -4.51. The highest BCUT2D eigenvalue weighted by atomic mass is 32.2. The number of rotatable bonds is 5. The number of nitrogens with one attached hydrogen (secondary N) is 1. The van der Waals surface area contributed by atoms with E-state index >= 15 is 0 Å². The molecule has 2 aromatic rings. The van der Waals surface area contributed by atoms with Crippen LogP contribution in [0.1, 0.15) is 25.7 Å². The minimum absolute atomic E-state index is 0.00234. The molecule has 1 N–H and O–H groups in total. The number of anilines is 1. The van der Waals surface area contributed by atoms with E-state index in [1.165, 1.54) is 28.6 Å². The molecule has 0 aromatic heterocycles. The van der Waals surface area contributed by atoms with Crippen molar-refractivity contribution in [1.82, 2.24) is 4.31 Å². The largest absolute Gasteiger partial charge is 0.279 e. The van der Waals surface area contributed by atoms with Crippen LogP contribution in [0.15, 0.2) is 52.3 Å². The van der Waals surface area contributed by atoms with Crippen LogP contribution >= 0.6 is 0 Å². The fraction of sp³-hybridized carbons (Fsp3) is 0.333. The first-order valence-corrected chi connectivity index (χ1v) is 11.7. The lowest BCUT2D eigenvalue weighted by Crippen LogP contribution is -2.31. The van der Waals surface area contributed by atoms with Gasteiger partial charge in [-0.2, -0.15) is 4.31 Å². The zero-order chi connectivity index (χ0) is 20.4. The number of benzene rings is 2. The van der Waals surface area contributed by atoms with E-state index in [4.69, 9.17) is 0 Å². The van der Waals surface area contributed by atoms with Crippen molar-refractivity contribution in [3.05, 3.63) is 54.1 Å². The molecule has 0 radical (unpaired) electrons. The van der Waals surface area contributed by atoms with E-state index < -0.39 is 36.6 Å². The maximum absolute atomic E-state index is 13.8. The van der Waals surface area contributed by atoms with Gasteiger partial charge in [0.25, 0.3) is 10.0 Å². The molecule has 0 amide bonds. The molecular formula is C18H20F2N2O4S2. The van der Waals surface area contributed by atoms with E-state index in [0.29, 0.717) is 13.1 Å². The first-order chi connectivity index (χ1) is 13.2. The van der Waals surface area contributed by atoms with Gasteiger partial charge >= 0.3 is 0 Å². The third-order valence-electron chi connectivity index (χ3n) is 4.50. The summed E-state index contributed by atoms with van der Waals surface area (Å²) >= 11 is 0. The molecule has 152 valence electrons. The van der Waals surface area contributed by atoms with Gasteiger partial charge in [-0.1, -0.05) is 18.9 Å². The molecule has 10 heteroatoms. The summed E-state index contributed by atoms with van der Waals surface area (Å²) in [6.45, 7) is 0.895. The van der Waals surface area contributed by atoms with Crippen molar-refractivity contribution in [3.63, 3.8) is 0 Å². The van der Waals surface area contributed by atoms with Crippen LogP contribution in [0.3, 0.4) is 0 Å². The molecule has 0 atom stereocenters. The van der Waals surface area contributed by atoms with E-state index in [1.54, 1.807) is 0 Å². The molecule has 1 aliphatic heterocycles. The third kappa shape index (κ3) is 4.34. The maximum Gasteiger partial charge on any atom is 0.267 e. The summed E-state index contributed by atoms with van der Waals surface area (Å²) in [6.07, 6.45) is 3.56. The Labute approximate surface area is 163 Å². The Morgan fingerprint density at radius 1 is 0.786 bits per heavy atom. The third-order valence-corrected chi connectivity index (χ3v) is 7.84. The van der Waals surface area contributed by atoms with Gasteiger partial charge in [-0.25, -0.2) is 25.6 Å². The lowest BCUT2D eigenvalue weighted by atomic mass is 10.2. The summed E-state index contributed by atoms with van der Waals surface area (Å²) in [4.78, 5) is -1.05. The SMILES string of the molecule is O=S(=O)(Nc1ccc(S(=O)(=O)N2CCCCCC2)cc1)c1c(F)cccc1F. The van der Waals surface area contributed by atoms with Crippen LogP contribution in [0, 0.1) is 11.6 Å². The van der Waals surface area contributed by atoms with E-state index in [2.05, 4.69) is 4.72 Å². The van der Waals surface area contributed by atoms with Gasteiger partial charge in [-0.3, -0.25) is 4.72 Å². The Kier molecular flexibility index (Phi) is 6.01. The number of sulfonamides is 2. The maximum atomic E-state index is 13.8. The van der Waals surface area contributed by atoms with Gasteiger partial charge in [0.1, 0.15) is 11.6 Å². The quantitative estimate of drug-likeness (QED) is 0.789. The van der Waals surface area contributed by atoms with E-state index in [0.717, 1.165) is 43.9 Å². The van der Waals surface area contributed by atoms with Crippen LogP contribution < -0.4 is 4.72 Å². The van der Waals surface area contributed by atoms with E-state index in [-0.39, 0.29) is 10.6 Å². The van der Waals surface area contributed by atoms with Crippen molar-refractivity contribution >= 4 is 25.7 Å². The van der Waals surface area contributed by atoms with Crippen LogP contribution in [0.2, 0.25) is 0 Å². The molecule has 28 heavy (non-hydrogen) atoms. The molecule has 0 saturated carbocycles. The number of hydrogen-bond acceptors (Lipinski definition) is 4. The van der Waals surface area contributed by atoms with Gasteiger partial charge in [0, 0.05) is 18.8 Å². The molecule has 3 rings (SSSR count). The molecule has 0 unspecified atom stereocenters. The fourth-order valence-electron chi connectivity index (χ4n) is 3.07. The highest BCUT2D eigenvalue weighted by Gasteiger charge is 2.26. The van der Waals surface area contributed by atoms with Crippen molar-refractivity contribution in [2.75, 3.05) is 17.8 Å². The van der Waals surface area contributed by atoms with Gasteiger partial charge < -0.3 is 0 Å². The second kappa shape index (κ2) is 8.14. The van der Waals surface area contributed by atoms with Gasteiger partial charge in [-0.05, 0) is 49.2 Å². The molecule has 1 saturated heterocycles. The molecule has 1 fully saturated rings. The highest BCUT2D eigenvalue weighted by Crippen LogP contribution is 2.24.